The zero-order chi connectivity index (χ0) is 20.5. The number of methoxy groups -OCH3 is 1. The fraction of sp³-hybridized carbons (Fsp3) is 0.444. The Hall–Kier alpha value is -1.75. The van der Waals surface area contributed by atoms with Crippen molar-refractivity contribution in [1.82, 2.24) is 10.6 Å². The molecular formula is C18H21BrN2O6S. The quantitative estimate of drug-likeness (QED) is 0.347. The van der Waals surface area contributed by atoms with Gasteiger partial charge in [-0.05, 0) is 30.7 Å². The van der Waals surface area contributed by atoms with Gasteiger partial charge in [0.15, 0.2) is 0 Å². The van der Waals surface area contributed by atoms with E-state index in [0.29, 0.717) is 6.42 Å². The van der Waals surface area contributed by atoms with Crippen LogP contribution < -0.4 is 10.6 Å². The van der Waals surface area contributed by atoms with E-state index in [4.69, 9.17) is 8.92 Å². The first-order valence-electron chi connectivity index (χ1n) is 8.67. The minimum atomic E-state index is -3.94. The zero-order valence-corrected chi connectivity index (χ0v) is 17.6. The molecule has 1 amide bonds. The first kappa shape index (κ1) is 21.0. The Labute approximate surface area is 171 Å². The first-order valence-corrected chi connectivity index (χ1v) is 10.9. The Balaban J connectivity index is 1.60. The van der Waals surface area contributed by atoms with Crippen LogP contribution in [0.2, 0.25) is 0 Å². The maximum atomic E-state index is 12.6. The Kier molecular flexibility index (Phi) is 5.95. The summed E-state index contributed by atoms with van der Waals surface area (Å²) in [7, 11) is -2.68. The number of amides is 1. The number of hydrogen-bond donors (Lipinski definition) is 2. The van der Waals surface area contributed by atoms with Gasteiger partial charge in [-0.2, -0.15) is 8.42 Å². The number of esters is 1. The summed E-state index contributed by atoms with van der Waals surface area (Å²) in [6, 6.07) is 5.43. The molecule has 10 heteroatoms. The SMILES string of the molecule is C=CC1C[C@]1(NC(=O)[C@@H]1C[C@H](OS(=O)(=O)c2ccc(Br)cc2)CN1)C(=O)OC. The van der Waals surface area contributed by atoms with Crippen molar-refractivity contribution < 1.29 is 26.9 Å². The van der Waals surface area contributed by atoms with Gasteiger partial charge in [-0.25, -0.2) is 4.79 Å². The van der Waals surface area contributed by atoms with Crippen molar-refractivity contribution in [2.45, 2.75) is 35.4 Å². The molecule has 3 rings (SSSR count). The number of ether oxygens (including phenoxy) is 1. The predicted molar refractivity (Wildman–Crippen MR) is 104 cm³/mol. The van der Waals surface area contributed by atoms with Crippen molar-refractivity contribution in [2.24, 2.45) is 5.92 Å². The van der Waals surface area contributed by atoms with Crippen LogP contribution in [0.4, 0.5) is 0 Å². The molecule has 152 valence electrons. The highest BCUT2D eigenvalue weighted by molar-refractivity contribution is 9.10. The smallest absolute Gasteiger partial charge is 0.332 e. The largest absolute Gasteiger partial charge is 0.467 e. The van der Waals surface area contributed by atoms with E-state index in [1.807, 2.05) is 0 Å². The number of carbonyl (C=O) groups is 2. The lowest BCUT2D eigenvalue weighted by Gasteiger charge is -2.19. The van der Waals surface area contributed by atoms with E-state index in [-0.39, 0.29) is 23.8 Å². The van der Waals surface area contributed by atoms with E-state index in [1.165, 1.54) is 19.2 Å². The van der Waals surface area contributed by atoms with E-state index in [0.717, 1.165) is 4.47 Å². The summed E-state index contributed by atoms with van der Waals surface area (Å²) in [5.41, 5.74) is -1.09. The van der Waals surface area contributed by atoms with Gasteiger partial charge in [0.05, 0.1) is 24.2 Å². The molecule has 4 atom stereocenters. The van der Waals surface area contributed by atoms with Crippen LogP contribution in [0.25, 0.3) is 0 Å². The van der Waals surface area contributed by atoms with E-state index in [9.17, 15) is 18.0 Å². The molecule has 1 unspecified atom stereocenters. The zero-order valence-electron chi connectivity index (χ0n) is 15.2. The van der Waals surface area contributed by atoms with Gasteiger partial charge in [0.2, 0.25) is 5.91 Å². The third kappa shape index (κ3) is 4.14. The van der Waals surface area contributed by atoms with Gasteiger partial charge >= 0.3 is 5.97 Å². The molecule has 1 aliphatic heterocycles. The normalized spacial score (nSPS) is 29.1. The molecule has 1 aromatic rings. The van der Waals surface area contributed by atoms with Crippen LogP contribution in [0.15, 0.2) is 46.3 Å². The van der Waals surface area contributed by atoms with Crippen LogP contribution in [-0.2, 0) is 28.6 Å². The van der Waals surface area contributed by atoms with Crippen molar-refractivity contribution in [3.63, 3.8) is 0 Å². The van der Waals surface area contributed by atoms with Crippen LogP contribution in [0, 0.1) is 5.92 Å². The van der Waals surface area contributed by atoms with Crippen molar-refractivity contribution in [3.8, 4) is 0 Å². The Morgan fingerprint density at radius 2 is 2.04 bits per heavy atom. The minimum Gasteiger partial charge on any atom is -0.467 e. The number of benzene rings is 1. The number of nitrogens with one attached hydrogen (secondary N) is 2. The lowest BCUT2D eigenvalue weighted by Crippen LogP contribution is -2.51. The lowest BCUT2D eigenvalue weighted by atomic mass is 10.1. The molecule has 28 heavy (non-hydrogen) atoms. The molecule has 0 aromatic heterocycles. The minimum absolute atomic E-state index is 0.0417. The van der Waals surface area contributed by atoms with Gasteiger partial charge in [0.25, 0.3) is 10.1 Å². The summed E-state index contributed by atoms with van der Waals surface area (Å²) in [6.45, 7) is 3.86. The van der Waals surface area contributed by atoms with Crippen LogP contribution in [0.3, 0.4) is 0 Å². The molecule has 0 spiro atoms. The highest BCUT2D eigenvalue weighted by Gasteiger charge is 2.61. The average molecular weight is 473 g/mol. The molecule has 0 radical (unpaired) electrons. The first-order chi connectivity index (χ1) is 13.2. The van der Waals surface area contributed by atoms with Crippen LogP contribution >= 0.6 is 15.9 Å². The summed E-state index contributed by atoms with van der Waals surface area (Å²) >= 11 is 3.25. The number of rotatable bonds is 7. The molecule has 2 aliphatic rings. The molecular weight excluding hydrogens is 452 g/mol. The van der Waals surface area contributed by atoms with Crippen molar-refractivity contribution in [2.75, 3.05) is 13.7 Å². The predicted octanol–water partition coefficient (Wildman–Crippen LogP) is 1.12. The second-order valence-electron chi connectivity index (χ2n) is 6.82. The van der Waals surface area contributed by atoms with Gasteiger partial charge in [-0.1, -0.05) is 22.0 Å². The van der Waals surface area contributed by atoms with Gasteiger partial charge < -0.3 is 15.4 Å². The summed E-state index contributed by atoms with van der Waals surface area (Å²) < 4.78 is 35.6. The average Bonchev–Trinajstić information content (AvgIpc) is 3.18. The number of halogens is 1. The summed E-state index contributed by atoms with van der Waals surface area (Å²) in [5.74, 6) is -1.11. The fourth-order valence-electron chi connectivity index (χ4n) is 3.30. The molecule has 0 bridgehead atoms. The Morgan fingerprint density at radius 1 is 1.36 bits per heavy atom. The second kappa shape index (κ2) is 7.94. The van der Waals surface area contributed by atoms with Gasteiger partial charge in [-0.3, -0.25) is 8.98 Å². The van der Waals surface area contributed by atoms with Crippen molar-refractivity contribution in [3.05, 3.63) is 41.4 Å². The third-order valence-electron chi connectivity index (χ3n) is 4.97. The van der Waals surface area contributed by atoms with E-state index in [2.05, 4.69) is 33.1 Å². The standard InChI is InChI=1S/C18H21BrN2O6S/c1-3-11-9-18(11,17(23)26-2)21-16(22)15-8-13(10-20-15)27-28(24,25)14-6-4-12(19)5-7-14/h3-7,11,13,15,20H,1,8-10H2,2H3,(H,21,22)/t11?,13-,15-,18+/m0/s1. The third-order valence-corrected chi connectivity index (χ3v) is 6.87. The van der Waals surface area contributed by atoms with E-state index >= 15 is 0 Å². The summed E-state index contributed by atoms with van der Waals surface area (Å²) in [5, 5.41) is 5.67. The summed E-state index contributed by atoms with van der Waals surface area (Å²) in [6.07, 6.45) is 1.51. The van der Waals surface area contributed by atoms with Crippen molar-refractivity contribution in [1.29, 1.82) is 0 Å². The second-order valence-corrected chi connectivity index (χ2v) is 9.31. The summed E-state index contributed by atoms with van der Waals surface area (Å²) in [4.78, 5) is 24.7. The molecule has 1 heterocycles. The van der Waals surface area contributed by atoms with Crippen LogP contribution in [0.5, 0.6) is 0 Å². The maximum absolute atomic E-state index is 12.6. The van der Waals surface area contributed by atoms with Crippen LogP contribution in [0.1, 0.15) is 12.8 Å². The van der Waals surface area contributed by atoms with Crippen LogP contribution in [-0.4, -0.2) is 51.6 Å². The maximum Gasteiger partial charge on any atom is 0.332 e. The molecule has 8 nitrogen and oxygen atoms in total. The van der Waals surface area contributed by atoms with Gasteiger partial charge in [0, 0.05) is 23.4 Å². The number of carbonyl (C=O) groups excluding carboxylic acids is 2. The molecule has 2 N–H and O–H groups in total. The molecule has 1 saturated carbocycles. The molecule has 1 aliphatic carbocycles. The molecule has 1 aromatic carbocycles. The van der Waals surface area contributed by atoms with E-state index in [1.54, 1.807) is 18.2 Å². The van der Waals surface area contributed by atoms with Gasteiger partial charge in [-0.15, -0.1) is 6.58 Å². The van der Waals surface area contributed by atoms with Crippen molar-refractivity contribution >= 4 is 37.9 Å². The molecule has 2 fully saturated rings. The molecule has 1 saturated heterocycles. The monoisotopic (exact) mass is 472 g/mol. The van der Waals surface area contributed by atoms with E-state index < -0.39 is 39.7 Å². The van der Waals surface area contributed by atoms with Gasteiger partial charge in [0.1, 0.15) is 5.54 Å². The highest BCUT2D eigenvalue weighted by Crippen LogP contribution is 2.45. The Morgan fingerprint density at radius 3 is 2.61 bits per heavy atom. The highest BCUT2D eigenvalue weighted by atomic mass is 79.9. The topological polar surface area (TPSA) is 111 Å². The lowest BCUT2D eigenvalue weighted by molar-refractivity contribution is -0.147. The Bertz CT molecular complexity index is 888. The fourth-order valence-corrected chi connectivity index (χ4v) is 4.65. The number of hydrogen-bond acceptors (Lipinski definition) is 7.